The Morgan fingerprint density at radius 1 is 1.20 bits per heavy atom. The predicted molar refractivity (Wildman–Crippen MR) is 113 cm³/mol. The van der Waals surface area contributed by atoms with Crippen LogP contribution < -0.4 is 15.4 Å². The number of carbonyl (C=O) groups excluding carboxylic acids is 1. The molecular formula is C23H23FN4O2. The fourth-order valence-electron chi connectivity index (χ4n) is 3.46. The molecular weight excluding hydrogens is 383 g/mol. The van der Waals surface area contributed by atoms with E-state index in [4.69, 9.17) is 4.74 Å². The molecule has 1 aliphatic rings. The van der Waals surface area contributed by atoms with E-state index in [0.29, 0.717) is 31.7 Å². The molecule has 0 atom stereocenters. The molecule has 30 heavy (non-hydrogen) atoms. The average Bonchev–Trinajstić information content (AvgIpc) is 3.28. The van der Waals surface area contributed by atoms with Gasteiger partial charge in [0.1, 0.15) is 11.6 Å². The Kier molecular flexibility index (Phi) is 6.17. The van der Waals surface area contributed by atoms with Crippen molar-refractivity contribution in [3.05, 3.63) is 71.7 Å². The van der Waals surface area contributed by atoms with E-state index in [9.17, 15) is 9.18 Å². The van der Waals surface area contributed by atoms with E-state index >= 15 is 0 Å². The summed E-state index contributed by atoms with van der Waals surface area (Å²) >= 11 is 0. The molecule has 0 bridgehead atoms. The molecule has 4 rings (SSSR count). The Balaban J connectivity index is 1.48. The number of hydrogen-bond acceptors (Lipinski definition) is 5. The minimum atomic E-state index is -0.439. The zero-order valence-electron chi connectivity index (χ0n) is 16.5. The summed E-state index contributed by atoms with van der Waals surface area (Å²) in [6, 6.07) is 11.3. The number of nitrogens with one attached hydrogen (secondary N) is 2. The summed E-state index contributed by atoms with van der Waals surface area (Å²) in [5.41, 5.74) is 4.56. The van der Waals surface area contributed by atoms with Crippen molar-refractivity contribution in [1.29, 1.82) is 0 Å². The highest BCUT2D eigenvalue weighted by Gasteiger charge is 2.22. The summed E-state index contributed by atoms with van der Waals surface area (Å²) in [7, 11) is 0. The number of rotatable bonds is 8. The Morgan fingerprint density at radius 3 is 2.90 bits per heavy atom. The molecule has 0 spiro atoms. The van der Waals surface area contributed by atoms with E-state index in [1.165, 1.54) is 0 Å². The average molecular weight is 406 g/mol. The lowest BCUT2D eigenvalue weighted by Gasteiger charge is -2.13. The first kappa shape index (κ1) is 19.8. The molecule has 0 fully saturated rings. The lowest BCUT2D eigenvalue weighted by Crippen LogP contribution is -2.24. The van der Waals surface area contributed by atoms with Gasteiger partial charge in [-0.25, -0.2) is 4.98 Å². The first-order chi connectivity index (χ1) is 14.8. The summed E-state index contributed by atoms with van der Waals surface area (Å²) in [6.07, 6.45) is 6.44. The van der Waals surface area contributed by atoms with Crippen molar-refractivity contribution in [3.8, 4) is 16.9 Å². The van der Waals surface area contributed by atoms with Gasteiger partial charge in [0.15, 0.2) is 0 Å². The van der Waals surface area contributed by atoms with Crippen LogP contribution in [-0.2, 0) is 13.0 Å². The van der Waals surface area contributed by atoms with Gasteiger partial charge in [0.05, 0.1) is 13.3 Å². The van der Waals surface area contributed by atoms with Crippen LogP contribution in [0, 0.1) is 0 Å². The van der Waals surface area contributed by atoms with Crippen molar-refractivity contribution in [1.82, 2.24) is 15.3 Å². The molecule has 7 heteroatoms. The van der Waals surface area contributed by atoms with E-state index < -0.39 is 6.67 Å². The summed E-state index contributed by atoms with van der Waals surface area (Å²) in [5.74, 6) is 1.46. The monoisotopic (exact) mass is 406 g/mol. The third-order valence-corrected chi connectivity index (χ3v) is 4.96. The number of nitrogens with zero attached hydrogens (tertiary/aromatic N) is 2. The highest BCUT2D eigenvalue weighted by Crippen LogP contribution is 2.39. The number of amides is 1. The van der Waals surface area contributed by atoms with E-state index in [-0.39, 0.29) is 5.91 Å². The van der Waals surface area contributed by atoms with Crippen molar-refractivity contribution in [2.45, 2.75) is 19.4 Å². The van der Waals surface area contributed by atoms with Gasteiger partial charge < -0.3 is 15.4 Å². The molecule has 1 aliphatic heterocycles. The summed E-state index contributed by atoms with van der Waals surface area (Å²) in [6.45, 7) is 1.05. The minimum Gasteiger partial charge on any atom is -0.492 e. The number of alkyl halides is 1. The number of carbonyl (C=O) groups is 1. The Morgan fingerprint density at radius 2 is 2.07 bits per heavy atom. The van der Waals surface area contributed by atoms with Crippen LogP contribution in [0.15, 0.2) is 55.0 Å². The fraction of sp³-hybridized carbons (Fsp3) is 0.261. The van der Waals surface area contributed by atoms with Gasteiger partial charge in [-0.05, 0) is 41.8 Å². The number of halogens is 1. The molecule has 2 aromatic heterocycles. The zero-order valence-corrected chi connectivity index (χ0v) is 16.5. The summed E-state index contributed by atoms with van der Waals surface area (Å²) in [4.78, 5) is 20.9. The first-order valence-corrected chi connectivity index (χ1v) is 9.98. The molecule has 154 valence electrons. The van der Waals surface area contributed by atoms with E-state index in [2.05, 4.69) is 20.6 Å². The smallest absolute Gasteiger partial charge is 0.251 e. The van der Waals surface area contributed by atoms with Crippen LogP contribution in [0.4, 0.5) is 10.2 Å². The SMILES string of the molecule is O=C(NCCCF)c1cccc(CNc2ncc(-c3ccncc3)c3c2CCO3)c1. The zero-order chi connectivity index (χ0) is 20.8. The maximum atomic E-state index is 12.2. The van der Waals surface area contributed by atoms with E-state index in [1.54, 1.807) is 18.5 Å². The van der Waals surface area contributed by atoms with Crippen LogP contribution >= 0.6 is 0 Å². The highest BCUT2D eigenvalue weighted by atomic mass is 19.1. The Hall–Kier alpha value is -3.48. The maximum Gasteiger partial charge on any atom is 0.251 e. The number of hydrogen-bond donors (Lipinski definition) is 2. The number of anilines is 1. The van der Waals surface area contributed by atoms with E-state index in [1.807, 2.05) is 36.5 Å². The van der Waals surface area contributed by atoms with Crippen molar-refractivity contribution < 1.29 is 13.9 Å². The van der Waals surface area contributed by atoms with Crippen molar-refractivity contribution in [2.75, 3.05) is 25.1 Å². The second-order valence-electron chi connectivity index (χ2n) is 7.01. The molecule has 0 radical (unpaired) electrons. The van der Waals surface area contributed by atoms with Gasteiger partial charge in [-0.2, -0.15) is 0 Å². The molecule has 1 amide bonds. The summed E-state index contributed by atoms with van der Waals surface area (Å²) in [5, 5.41) is 6.10. The van der Waals surface area contributed by atoms with Crippen LogP contribution in [0.5, 0.6) is 5.75 Å². The van der Waals surface area contributed by atoms with Crippen molar-refractivity contribution in [3.63, 3.8) is 0 Å². The summed E-state index contributed by atoms with van der Waals surface area (Å²) < 4.78 is 18.1. The molecule has 0 saturated carbocycles. The molecule has 1 aromatic carbocycles. The van der Waals surface area contributed by atoms with Crippen LogP contribution in [0.2, 0.25) is 0 Å². The maximum absolute atomic E-state index is 12.2. The van der Waals surface area contributed by atoms with Gasteiger partial charge in [0, 0.05) is 54.8 Å². The Labute approximate surface area is 174 Å². The lowest BCUT2D eigenvalue weighted by molar-refractivity contribution is 0.0952. The van der Waals surface area contributed by atoms with Crippen LogP contribution in [0.3, 0.4) is 0 Å². The second-order valence-corrected chi connectivity index (χ2v) is 7.01. The standard InChI is InChI=1S/C23H23FN4O2/c24-8-2-9-26-23(29)18-4-1-3-16(13-18)14-27-22-19-7-12-30-21(19)20(15-28-22)17-5-10-25-11-6-17/h1,3-6,10-11,13,15H,2,7-9,12,14H2,(H,26,29)(H,27,28). The molecule has 0 saturated heterocycles. The first-order valence-electron chi connectivity index (χ1n) is 9.98. The number of aromatic nitrogens is 2. The lowest BCUT2D eigenvalue weighted by atomic mass is 10.0. The predicted octanol–water partition coefficient (Wildman–Crippen LogP) is 3.78. The third kappa shape index (κ3) is 4.40. The van der Waals surface area contributed by atoms with Gasteiger partial charge in [-0.3, -0.25) is 14.2 Å². The van der Waals surface area contributed by atoms with Crippen LogP contribution in [0.1, 0.15) is 27.9 Å². The van der Waals surface area contributed by atoms with Crippen LogP contribution in [0.25, 0.3) is 11.1 Å². The Bertz CT molecular complexity index is 1030. The number of fused-ring (bicyclic) bond motifs is 1. The van der Waals surface area contributed by atoms with Gasteiger partial charge in [-0.1, -0.05) is 12.1 Å². The minimum absolute atomic E-state index is 0.195. The van der Waals surface area contributed by atoms with Gasteiger partial charge >= 0.3 is 0 Å². The molecule has 3 aromatic rings. The molecule has 6 nitrogen and oxygen atoms in total. The number of benzene rings is 1. The topological polar surface area (TPSA) is 76.1 Å². The van der Waals surface area contributed by atoms with E-state index in [0.717, 1.165) is 40.2 Å². The van der Waals surface area contributed by atoms with Gasteiger partial charge in [0.2, 0.25) is 0 Å². The normalized spacial score (nSPS) is 12.2. The van der Waals surface area contributed by atoms with Crippen molar-refractivity contribution in [2.24, 2.45) is 0 Å². The van der Waals surface area contributed by atoms with Gasteiger partial charge in [-0.15, -0.1) is 0 Å². The second kappa shape index (κ2) is 9.35. The molecule has 0 unspecified atom stereocenters. The van der Waals surface area contributed by atoms with Crippen molar-refractivity contribution >= 4 is 11.7 Å². The van der Waals surface area contributed by atoms with Crippen LogP contribution in [-0.4, -0.2) is 35.7 Å². The molecule has 2 N–H and O–H groups in total. The van der Waals surface area contributed by atoms with Gasteiger partial charge in [0.25, 0.3) is 5.91 Å². The highest BCUT2D eigenvalue weighted by molar-refractivity contribution is 5.94. The number of pyridine rings is 2. The third-order valence-electron chi connectivity index (χ3n) is 4.96. The number of ether oxygens (including phenoxy) is 1. The molecule has 3 heterocycles. The quantitative estimate of drug-likeness (QED) is 0.557. The fourth-order valence-corrected chi connectivity index (χ4v) is 3.46. The molecule has 0 aliphatic carbocycles. The largest absolute Gasteiger partial charge is 0.492 e.